The highest BCUT2D eigenvalue weighted by Crippen LogP contribution is 2.23. The molecule has 1 aliphatic carbocycles. The molecule has 8 heteroatoms. The number of nitrogens with zero attached hydrogens (tertiary/aromatic N) is 3. The quantitative estimate of drug-likeness (QED) is 0.859. The monoisotopic (exact) mass is 334 g/mol. The second-order valence-corrected chi connectivity index (χ2v) is 6.53. The molecule has 122 valence electrons. The number of fused-ring (bicyclic) bond motifs is 1. The van der Waals surface area contributed by atoms with E-state index in [1.807, 2.05) is 0 Å². The lowest BCUT2D eigenvalue weighted by Gasteiger charge is -2.11. The third kappa shape index (κ3) is 3.42. The molecule has 0 spiro atoms. The van der Waals surface area contributed by atoms with Crippen LogP contribution in [0.5, 0.6) is 0 Å². The third-order valence-corrected chi connectivity index (χ3v) is 4.76. The summed E-state index contributed by atoms with van der Waals surface area (Å²) in [5.74, 6) is -1.06. The van der Waals surface area contributed by atoms with Crippen molar-refractivity contribution in [3.8, 4) is 0 Å². The molecule has 1 aliphatic rings. The van der Waals surface area contributed by atoms with E-state index in [0.717, 1.165) is 36.9 Å². The fraction of sp³-hybridized carbons (Fsp3) is 0.467. The number of thiazole rings is 1. The van der Waals surface area contributed by atoms with Crippen molar-refractivity contribution in [3.05, 3.63) is 33.0 Å². The summed E-state index contributed by atoms with van der Waals surface area (Å²) in [6.07, 6.45) is 3.94. The molecule has 1 amide bonds. The summed E-state index contributed by atoms with van der Waals surface area (Å²) in [5.41, 5.74) is 3.23. The molecule has 0 aromatic carbocycles. The molecule has 0 saturated carbocycles. The van der Waals surface area contributed by atoms with Gasteiger partial charge in [0.05, 0.1) is 24.4 Å². The lowest BCUT2D eigenvalue weighted by atomic mass is 9.95. The maximum absolute atomic E-state index is 12.5. The largest absolute Gasteiger partial charge is 0.481 e. The summed E-state index contributed by atoms with van der Waals surface area (Å²) in [6, 6.07) is 0. The molecule has 0 saturated heterocycles. The standard InChI is InChI=1S/C15H18N4O3S/c1-19-14(10-4-2-3-5-11(10)18-19)15(22)16-7-12-17-9(8-23-12)6-13(20)21/h8H,2-7H2,1H3,(H,16,22)(H,20,21). The second-order valence-electron chi connectivity index (χ2n) is 5.59. The van der Waals surface area contributed by atoms with Gasteiger partial charge in [0.2, 0.25) is 0 Å². The van der Waals surface area contributed by atoms with E-state index in [1.54, 1.807) is 17.1 Å². The zero-order valence-electron chi connectivity index (χ0n) is 12.8. The van der Waals surface area contributed by atoms with E-state index in [1.165, 1.54) is 11.3 Å². The number of carbonyl (C=O) groups excluding carboxylic acids is 1. The molecule has 7 nitrogen and oxygen atoms in total. The predicted molar refractivity (Wildman–Crippen MR) is 84.5 cm³/mol. The van der Waals surface area contributed by atoms with Gasteiger partial charge in [-0.2, -0.15) is 5.10 Å². The van der Waals surface area contributed by atoms with Crippen molar-refractivity contribution in [2.75, 3.05) is 0 Å². The summed E-state index contributed by atoms with van der Waals surface area (Å²) in [6.45, 7) is 0.295. The first kappa shape index (κ1) is 15.7. The van der Waals surface area contributed by atoms with E-state index in [2.05, 4.69) is 15.4 Å². The summed E-state index contributed by atoms with van der Waals surface area (Å²) in [7, 11) is 1.79. The number of amides is 1. The maximum Gasteiger partial charge on any atom is 0.309 e. The first-order chi connectivity index (χ1) is 11.0. The molecule has 0 bridgehead atoms. The van der Waals surface area contributed by atoms with Crippen LogP contribution in [0.2, 0.25) is 0 Å². The van der Waals surface area contributed by atoms with Crippen molar-refractivity contribution in [1.29, 1.82) is 0 Å². The van der Waals surface area contributed by atoms with E-state index in [-0.39, 0.29) is 12.3 Å². The van der Waals surface area contributed by atoms with Gasteiger partial charge < -0.3 is 10.4 Å². The number of aromatic nitrogens is 3. The minimum atomic E-state index is -0.910. The number of carbonyl (C=O) groups is 2. The number of rotatable bonds is 5. The van der Waals surface area contributed by atoms with Crippen LogP contribution in [-0.4, -0.2) is 31.7 Å². The topological polar surface area (TPSA) is 97.1 Å². The average Bonchev–Trinajstić information content (AvgIpc) is 3.07. The maximum atomic E-state index is 12.5. The lowest BCUT2D eigenvalue weighted by Crippen LogP contribution is -2.26. The molecular weight excluding hydrogens is 316 g/mol. The van der Waals surface area contributed by atoms with E-state index in [4.69, 9.17) is 5.11 Å². The van der Waals surface area contributed by atoms with Crippen molar-refractivity contribution in [3.63, 3.8) is 0 Å². The molecule has 2 heterocycles. The molecule has 2 aromatic heterocycles. The van der Waals surface area contributed by atoms with Crippen LogP contribution in [0.15, 0.2) is 5.38 Å². The van der Waals surface area contributed by atoms with E-state index in [9.17, 15) is 9.59 Å². The minimum absolute atomic E-state index is 0.0975. The molecule has 0 atom stereocenters. The van der Waals surface area contributed by atoms with Gasteiger partial charge in [-0.05, 0) is 25.7 Å². The Morgan fingerprint density at radius 2 is 2.17 bits per heavy atom. The van der Waals surface area contributed by atoms with Gasteiger partial charge >= 0.3 is 5.97 Å². The first-order valence-corrected chi connectivity index (χ1v) is 8.40. The van der Waals surface area contributed by atoms with Crippen molar-refractivity contribution < 1.29 is 14.7 Å². The van der Waals surface area contributed by atoms with Gasteiger partial charge in [0.25, 0.3) is 5.91 Å². The van der Waals surface area contributed by atoms with Gasteiger partial charge in [-0.15, -0.1) is 11.3 Å². The van der Waals surface area contributed by atoms with Crippen LogP contribution in [0.3, 0.4) is 0 Å². The molecular formula is C15H18N4O3S. The van der Waals surface area contributed by atoms with Crippen molar-refractivity contribution in [2.45, 2.75) is 38.6 Å². The number of carboxylic acid groups (broad SMARTS) is 1. The molecule has 0 fully saturated rings. The third-order valence-electron chi connectivity index (χ3n) is 3.87. The van der Waals surface area contributed by atoms with Crippen LogP contribution in [0.25, 0.3) is 0 Å². The van der Waals surface area contributed by atoms with Gasteiger partial charge in [-0.3, -0.25) is 14.3 Å². The van der Waals surface area contributed by atoms with Crippen LogP contribution >= 0.6 is 11.3 Å². The summed E-state index contributed by atoms with van der Waals surface area (Å²) in [4.78, 5) is 27.3. The number of aliphatic carboxylic acids is 1. The summed E-state index contributed by atoms with van der Waals surface area (Å²) in [5, 5.41) is 18.5. The Labute approximate surface area is 137 Å². The van der Waals surface area contributed by atoms with Crippen LogP contribution in [0.4, 0.5) is 0 Å². The van der Waals surface area contributed by atoms with Crippen LogP contribution < -0.4 is 5.32 Å². The molecule has 0 aliphatic heterocycles. The molecule has 23 heavy (non-hydrogen) atoms. The Balaban J connectivity index is 1.67. The van der Waals surface area contributed by atoms with Gasteiger partial charge in [0.1, 0.15) is 10.7 Å². The Morgan fingerprint density at radius 1 is 1.39 bits per heavy atom. The Bertz CT molecular complexity index is 750. The lowest BCUT2D eigenvalue weighted by molar-refractivity contribution is -0.136. The highest BCUT2D eigenvalue weighted by atomic mass is 32.1. The van der Waals surface area contributed by atoms with Gasteiger partial charge in [0, 0.05) is 18.0 Å². The summed E-state index contributed by atoms with van der Waals surface area (Å²) < 4.78 is 1.66. The Morgan fingerprint density at radius 3 is 2.96 bits per heavy atom. The number of hydrogen-bond donors (Lipinski definition) is 2. The van der Waals surface area contributed by atoms with E-state index >= 15 is 0 Å². The van der Waals surface area contributed by atoms with E-state index < -0.39 is 5.97 Å². The van der Waals surface area contributed by atoms with Gasteiger partial charge in [-0.1, -0.05) is 0 Å². The van der Waals surface area contributed by atoms with Crippen LogP contribution in [0, 0.1) is 0 Å². The normalized spacial score (nSPS) is 13.6. The molecule has 3 rings (SSSR count). The van der Waals surface area contributed by atoms with Crippen molar-refractivity contribution in [2.24, 2.45) is 7.05 Å². The zero-order chi connectivity index (χ0) is 16.4. The SMILES string of the molecule is Cn1nc2c(c1C(=O)NCc1nc(CC(=O)O)cs1)CCCC2. The van der Waals surface area contributed by atoms with Gasteiger partial charge in [-0.25, -0.2) is 4.98 Å². The van der Waals surface area contributed by atoms with Crippen molar-refractivity contribution in [1.82, 2.24) is 20.1 Å². The number of hydrogen-bond acceptors (Lipinski definition) is 5. The first-order valence-electron chi connectivity index (χ1n) is 7.52. The molecule has 2 N–H and O–H groups in total. The fourth-order valence-corrected chi connectivity index (χ4v) is 3.60. The van der Waals surface area contributed by atoms with Crippen LogP contribution in [-0.2, 0) is 37.6 Å². The highest BCUT2D eigenvalue weighted by molar-refractivity contribution is 7.09. The second kappa shape index (κ2) is 6.49. The minimum Gasteiger partial charge on any atom is -0.481 e. The molecule has 0 unspecified atom stereocenters. The average molecular weight is 334 g/mol. The smallest absolute Gasteiger partial charge is 0.309 e. The zero-order valence-corrected chi connectivity index (χ0v) is 13.7. The number of aryl methyl sites for hydroxylation is 2. The predicted octanol–water partition coefficient (Wildman–Crippen LogP) is 1.31. The fourth-order valence-electron chi connectivity index (χ4n) is 2.87. The highest BCUT2D eigenvalue weighted by Gasteiger charge is 2.23. The van der Waals surface area contributed by atoms with Gasteiger partial charge in [0.15, 0.2) is 0 Å². The molecule has 2 aromatic rings. The van der Waals surface area contributed by atoms with Crippen LogP contribution in [0.1, 0.15) is 45.3 Å². The summed E-state index contributed by atoms with van der Waals surface area (Å²) >= 11 is 1.35. The van der Waals surface area contributed by atoms with E-state index in [0.29, 0.717) is 22.9 Å². The molecule has 0 radical (unpaired) electrons. The number of carboxylic acids is 1. The number of nitrogens with one attached hydrogen (secondary N) is 1. The Hall–Kier alpha value is -2.22. The van der Waals surface area contributed by atoms with Crippen molar-refractivity contribution >= 4 is 23.2 Å². The Kier molecular flexibility index (Phi) is 4.42.